The summed E-state index contributed by atoms with van der Waals surface area (Å²) in [5, 5.41) is 2.55. The second kappa shape index (κ2) is 9.36. The van der Waals surface area contributed by atoms with Crippen LogP contribution >= 0.6 is 0 Å². The van der Waals surface area contributed by atoms with E-state index in [4.69, 9.17) is 4.74 Å². The Bertz CT molecular complexity index is 879. The number of ketones is 1. The van der Waals surface area contributed by atoms with Crippen molar-refractivity contribution in [2.45, 2.75) is 26.1 Å². The third-order valence-corrected chi connectivity index (χ3v) is 4.10. The maximum Gasteiger partial charge on any atom is 0.416 e. The number of alkyl halides is 3. The Morgan fingerprint density at radius 1 is 0.966 bits per heavy atom. The Hall–Kier alpha value is -3.16. The normalized spacial score (nSPS) is 12.3. The summed E-state index contributed by atoms with van der Waals surface area (Å²) in [5.41, 5.74) is -0.835. The first kappa shape index (κ1) is 22.1. The number of hydrogen-bond donors (Lipinski definition) is 1. The van der Waals surface area contributed by atoms with Gasteiger partial charge >= 0.3 is 12.1 Å². The van der Waals surface area contributed by atoms with E-state index in [1.54, 1.807) is 44.2 Å². The number of hydrogen-bond acceptors (Lipinski definition) is 4. The highest BCUT2D eigenvalue weighted by molar-refractivity contribution is 5.99. The fourth-order valence-electron chi connectivity index (χ4n) is 2.49. The van der Waals surface area contributed by atoms with Crippen LogP contribution in [0.1, 0.15) is 40.1 Å². The molecular formula is C21H20F3NO4. The van der Waals surface area contributed by atoms with Crippen molar-refractivity contribution in [1.82, 2.24) is 5.32 Å². The first-order valence-corrected chi connectivity index (χ1v) is 8.82. The van der Waals surface area contributed by atoms with Gasteiger partial charge in [0.2, 0.25) is 0 Å². The third-order valence-electron chi connectivity index (χ3n) is 4.10. The Balaban J connectivity index is 2.01. The SMILES string of the molecule is CC(C)[C@@H](NC(=O)c1ccccc1)C(=O)OCC(=O)c1cccc(C(F)(F)F)c1. The lowest BCUT2D eigenvalue weighted by Gasteiger charge is -2.20. The largest absolute Gasteiger partial charge is 0.456 e. The van der Waals surface area contributed by atoms with Crippen molar-refractivity contribution in [2.75, 3.05) is 6.61 Å². The minimum atomic E-state index is -4.59. The third kappa shape index (κ3) is 6.17. The van der Waals surface area contributed by atoms with Gasteiger partial charge in [0, 0.05) is 11.1 Å². The average Bonchev–Trinajstić information content (AvgIpc) is 2.69. The summed E-state index contributed by atoms with van der Waals surface area (Å²) in [6.45, 7) is 2.64. The molecule has 5 nitrogen and oxygen atoms in total. The fraction of sp³-hybridized carbons (Fsp3) is 0.286. The summed E-state index contributed by atoms with van der Waals surface area (Å²) < 4.78 is 43.3. The summed E-state index contributed by atoms with van der Waals surface area (Å²) in [7, 11) is 0. The summed E-state index contributed by atoms with van der Waals surface area (Å²) in [4.78, 5) is 36.7. The van der Waals surface area contributed by atoms with Gasteiger partial charge in [-0.2, -0.15) is 13.2 Å². The van der Waals surface area contributed by atoms with Crippen molar-refractivity contribution < 1.29 is 32.3 Å². The highest BCUT2D eigenvalue weighted by Crippen LogP contribution is 2.29. The molecule has 0 aliphatic carbocycles. The molecule has 2 aromatic rings. The van der Waals surface area contributed by atoms with E-state index in [1.807, 2.05) is 0 Å². The molecule has 154 valence electrons. The van der Waals surface area contributed by atoms with Crippen LogP contribution in [0.15, 0.2) is 54.6 Å². The number of rotatable bonds is 7. The van der Waals surface area contributed by atoms with Crippen LogP contribution in [0.3, 0.4) is 0 Å². The van der Waals surface area contributed by atoms with Crippen LogP contribution in [0.5, 0.6) is 0 Å². The van der Waals surface area contributed by atoms with Crippen LogP contribution in [0.4, 0.5) is 13.2 Å². The Morgan fingerprint density at radius 3 is 2.17 bits per heavy atom. The zero-order valence-corrected chi connectivity index (χ0v) is 15.8. The van der Waals surface area contributed by atoms with Gasteiger partial charge in [0.1, 0.15) is 6.04 Å². The van der Waals surface area contributed by atoms with Gasteiger partial charge in [0.25, 0.3) is 5.91 Å². The van der Waals surface area contributed by atoms with E-state index in [0.29, 0.717) is 11.6 Å². The van der Waals surface area contributed by atoms with Gasteiger partial charge in [-0.3, -0.25) is 9.59 Å². The summed E-state index contributed by atoms with van der Waals surface area (Å²) in [5.74, 6) is -2.43. The Labute approximate surface area is 165 Å². The smallest absolute Gasteiger partial charge is 0.416 e. The molecule has 0 aliphatic rings. The number of carbonyl (C=O) groups is 3. The first-order chi connectivity index (χ1) is 13.6. The molecule has 0 bridgehead atoms. The van der Waals surface area contributed by atoms with E-state index in [0.717, 1.165) is 12.1 Å². The highest BCUT2D eigenvalue weighted by atomic mass is 19.4. The van der Waals surface area contributed by atoms with Crippen LogP contribution in [0.25, 0.3) is 0 Å². The van der Waals surface area contributed by atoms with Gasteiger partial charge in [-0.05, 0) is 30.2 Å². The monoisotopic (exact) mass is 407 g/mol. The molecule has 0 saturated heterocycles. The Morgan fingerprint density at radius 2 is 1.59 bits per heavy atom. The van der Waals surface area contributed by atoms with E-state index >= 15 is 0 Å². The molecule has 0 saturated carbocycles. The van der Waals surface area contributed by atoms with E-state index in [-0.39, 0.29) is 11.5 Å². The Kier molecular flexibility index (Phi) is 7.14. The maximum atomic E-state index is 12.8. The van der Waals surface area contributed by atoms with Gasteiger partial charge in [0.15, 0.2) is 12.4 Å². The topological polar surface area (TPSA) is 72.5 Å². The molecule has 1 atom stereocenters. The van der Waals surface area contributed by atoms with Crippen molar-refractivity contribution in [3.8, 4) is 0 Å². The van der Waals surface area contributed by atoms with Gasteiger partial charge < -0.3 is 10.1 Å². The van der Waals surface area contributed by atoms with Crippen molar-refractivity contribution in [2.24, 2.45) is 5.92 Å². The molecule has 2 rings (SSSR count). The zero-order valence-electron chi connectivity index (χ0n) is 15.8. The summed E-state index contributed by atoms with van der Waals surface area (Å²) in [6.07, 6.45) is -4.59. The number of ether oxygens (including phenoxy) is 1. The van der Waals surface area contributed by atoms with Crippen LogP contribution in [-0.4, -0.2) is 30.3 Å². The molecule has 8 heteroatoms. The molecule has 0 spiro atoms. The maximum absolute atomic E-state index is 12.8. The van der Waals surface area contributed by atoms with Gasteiger partial charge in [0.05, 0.1) is 5.56 Å². The van der Waals surface area contributed by atoms with Gasteiger partial charge in [-0.15, -0.1) is 0 Å². The molecule has 0 aromatic heterocycles. The van der Waals surface area contributed by atoms with E-state index in [2.05, 4.69) is 5.32 Å². The minimum absolute atomic E-state index is 0.220. The highest BCUT2D eigenvalue weighted by Gasteiger charge is 2.31. The number of nitrogens with one attached hydrogen (secondary N) is 1. The molecule has 1 amide bonds. The number of benzene rings is 2. The molecule has 0 heterocycles. The van der Waals surface area contributed by atoms with E-state index < -0.39 is 42.0 Å². The van der Waals surface area contributed by atoms with Crippen LogP contribution in [0.2, 0.25) is 0 Å². The number of Topliss-reactive ketones (excluding diaryl/α,β-unsaturated/α-hetero) is 1. The van der Waals surface area contributed by atoms with Crippen molar-refractivity contribution in [3.63, 3.8) is 0 Å². The first-order valence-electron chi connectivity index (χ1n) is 8.82. The lowest BCUT2D eigenvalue weighted by atomic mass is 10.0. The standard InChI is InChI=1S/C21H20F3NO4/c1-13(2)18(25-19(27)14-7-4-3-5-8-14)20(28)29-12-17(26)15-9-6-10-16(11-15)21(22,23)24/h3-11,13,18H,12H2,1-2H3,(H,25,27)/t18-/m1/s1. The molecule has 0 fully saturated rings. The fourth-order valence-corrected chi connectivity index (χ4v) is 2.49. The quantitative estimate of drug-likeness (QED) is 0.558. The second-order valence-corrected chi connectivity index (χ2v) is 6.67. The number of amides is 1. The molecule has 1 N–H and O–H groups in total. The lowest BCUT2D eigenvalue weighted by molar-refractivity contribution is -0.146. The van der Waals surface area contributed by atoms with Crippen molar-refractivity contribution in [1.29, 1.82) is 0 Å². The number of esters is 1. The minimum Gasteiger partial charge on any atom is -0.456 e. The number of carbonyl (C=O) groups excluding carboxylic acids is 3. The molecule has 0 radical (unpaired) electrons. The van der Waals surface area contributed by atoms with Gasteiger partial charge in [-0.1, -0.05) is 44.2 Å². The molecule has 2 aromatic carbocycles. The predicted octanol–water partition coefficient (Wildman–Crippen LogP) is 3.89. The van der Waals surface area contributed by atoms with Crippen LogP contribution < -0.4 is 5.32 Å². The van der Waals surface area contributed by atoms with E-state index in [9.17, 15) is 27.6 Å². The summed E-state index contributed by atoms with van der Waals surface area (Å²) in [6, 6.07) is 11.1. The summed E-state index contributed by atoms with van der Waals surface area (Å²) >= 11 is 0. The van der Waals surface area contributed by atoms with Crippen LogP contribution in [-0.2, 0) is 15.7 Å². The molecule has 0 unspecified atom stereocenters. The second-order valence-electron chi connectivity index (χ2n) is 6.67. The lowest BCUT2D eigenvalue weighted by Crippen LogP contribution is -2.45. The van der Waals surface area contributed by atoms with Crippen LogP contribution in [0, 0.1) is 5.92 Å². The average molecular weight is 407 g/mol. The molecular weight excluding hydrogens is 387 g/mol. The van der Waals surface area contributed by atoms with Crippen molar-refractivity contribution >= 4 is 17.7 Å². The number of halogens is 3. The predicted molar refractivity (Wildman–Crippen MR) is 99.3 cm³/mol. The molecule has 29 heavy (non-hydrogen) atoms. The zero-order chi connectivity index (χ0) is 21.6. The van der Waals surface area contributed by atoms with Crippen molar-refractivity contribution in [3.05, 3.63) is 71.3 Å². The van der Waals surface area contributed by atoms with Gasteiger partial charge in [-0.25, -0.2) is 4.79 Å². The molecule has 0 aliphatic heterocycles. The van der Waals surface area contributed by atoms with E-state index in [1.165, 1.54) is 6.07 Å².